The molecule has 0 bridgehead atoms. The van der Waals surface area contributed by atoms with Gasteiger partial charge in [-0.25, -0.2) is 0 Å². The van der Waals surface area contributed by atoms with Crippen molar-refractivity contribution in [2.75, 3.05) is 19.8 Å². The van der Waals surface area contributed by atoms with Crippen LogP contribution in [0.5, 0.6) is 0 Å². The molecule has 1 atom stereocenters. The highest BCUT2D eigenvalue weighted by Crippen LogP contribution is 2.18. The summed E-state index contributed by atoms with van der Waals surface area (Å²) in [6.45, 7) is 5.66. The number of ether oxygens (including phenoxy) is 1. The fraction of sp³-hybridized carbons (Fsp3) is 0.538. The van der Waals surface area contributed by atoms with Crippen molar-refractivity contribution in [1.29, 1.82) is 0 Å². The molecule has 1 aromatic rings. The number of likely N-dealkylation sites (N-methyl/N-ethyl adjacent to an activating group) is 1. The predicted octanol–water partition coefficient (Wildman–Crippen LogP) is 1.87. The van der Waals surface area contributed by atoms with Crippen LogP contribution in [-0.4, -0.2) is 24.9 Å². The minimum Gasteiger partial charge on any atom is -0.377 e. The number of hydrogen-bond acceptors (Lipinski definition) is 3. The molecule has 1 aromatic carbocycles. The van der Waals surface area contributed by atoms with Crippen molar-refractivity contribution in [2.24, 2.45) is 0 Å². The fourth-order valence-corrected chi connectivity index (χ4v) is 1.61. The summed E-state index contributed by atoms with van der Waals surface area (Å²) in [7, 11) is 0. The van der Waals surface area contributed by atoms with E-state index in [-0.39, 0.29) is 6.61 Å². The van der Waals surface area contributed by atoms with Crippen LogP contribution in [0, 0.1) is 0 Å². The van der Waals surface area contributed by atoms with E-state index in [2.05, 4.69) is 12.2 Å². The molecule has 0 aliphatic rings. The molecule has 3 nitrogen and oxygen atoms in total. The second-order valence-corrected chi connectivity index (χ2v) is 3.81. The maximum Gasteiger partial charge on any atom is 0.165 e. The van der Waals surface area contributed by atoms with Gasteiger partial charge in [0, 0.05) is 12.2 Å². The van der Waals surface area contributed by atoms with Crippen LogP contribution in [0.1, 0.15) is 25.8 Å². The Bertz CT molecular complexity index is 289. The van der Waals surface area contributed by atoms with E-state index in [4.69, 9.17) is 4.74 Å². The maximum atomic E-state index is 10.5. The summed E-state index contributed by atoms with van der Waals surface area (Å²) in [6, 6.07) is 9.56. The van der Waals surface area contributed by atoms with Gasteiger partial charge in [0.25, 0.3) is 0 Å². The van der Waals surface area contributed by atoms with Gasteiger partial charge in [0.05, 0.1) is 6.61 Å². The van der Waals surface area contributed by atoms with Crippen LogP contribution in [0.4, 0.5) is 0 Å². The van der Waals surface area contributed by atoms with Gasteiger partial charge in [0.1, 0.15) is 0 Å². The Morgan fingerprint density at radius 2 is 1.94 bits per heavy atom. The molecule has 0 saturated carbocycles. The van der Waals surface area contributed by atoms with E-state index in [1.165, 1.54) is 0 Å². The summed E-state index contributed by atoms with van der Waals surface area (Å²) < 4.78 is 5.44. The van der Waals surface area contributed by atoms with Crippen molar-refractivity contribution < 1.29 is 9.84 Å². The topological polar surface area (TPSA) is 41.5 Å². The van der Waals surface area contributed by atoms with Crippen molar-refractivity contribution in [3.63, 3.8) is 0 Å². The Hall–Kier alpha value is -0.900. The molecule has 0 aliphatic carbocycles. The highest BCUT2D eigenvalue weighted by atomic mass is 16.5. The molecule has 1 rings (SSSR count). The molecule has 0 spiro atoms. The number of nitrogens with one attached hydrogen (secondary N) is 1. The van der Waals surface area contributed by atoms with Crippen molar-refractivity contribution in [2.45, 2.75) is 26.0 Å². The highest BCUT2D eigenvalue weighted by Gasteiger charge is 2.27. The molecule has 0 aromatic heterocycles. The first-order valence-electron chi connectivity index (χ1n) is 5.83. The molecule has 0 saturated heterocycles. The van der Waals surface area contributed by atoms with Crippen molar-refractivity contribution >= 4 is 0 Å². The third-order valence-electron chi connectivity index (χ3n) is 2.38. The lowest BCUT2D eigenvalue weighted by molar-refractivity contribution is -0.0740. The van der Waals surface area contributed by atoms with Crippen LogP contribution >= 0.6 is 0 Å². The highest BCUT2D eigenvalue weighted by molar-refractivity contribution is 5.21. The summed E-state index contributed by atoms with van der Waals surface area (Å²) in [4.78, 5) is 0. The molecule has 2 N–H and O–H groups in total. The molecule has 0 amide bonds. The quantitative estimate of drug-likeness (QED) is 0.547. The van der Waals surface area contributed by atoms with E-state index in [1.807, 2.05) is 37.3 Å². The second-order valence-electron chi connectivity index (χ2n) is 3.81. The molecule has 16 heavy (non-hydrogen) atoms. The van der Waals surface area contributed by atoms with E-state index in [1.54, 1.807) is 0 Å². The molecular weight excluding hydrogens is 202 g/mol. The zero-order valence-corrected chi connectivity index (χ0v) is 10.1. The summed E-state index contributed by atoms with van der Waals surface area (Å²) in [6.07, 6.45) is 0.955. The second kappa shape index (κ2) is 6.63. The van der Waals surface area contributed by atoms with Gasteiger partial charge in [-0.15, -0.1) is 0 Å². The van der Waals surface area contributed by atoms with Gasteiger partial charge < -0.3 is 9.84 Å². The molecule has 0 heterocycles. The van der Waals surface area contributed by atoms with Crippen LogP contribution < -0.4 is 5.32 Å². The van der Waals surface area contributed by atoms with Crippen molar-refractivity contribution in [3.8, 4) is 0 Å². The standard InChI is InChI=1S/C13H21NO2/c1-3-10-16-11-13(15,14-4-2)12-8-6-5-7-9-12/h5-9,14-15H,3-4,10-11H2,1-2H3. The smallest absolute Gasteiger partial charge is 0.165 e. The summed E-state index contributed by atoms with van der Waals surface area (Å²) in [5.74, 6) is 0. The Kier molecular flexibility index (Phi) is 5.46. The van der Waals surface area contributed by atoms with Crippen LogP contribution in [-0.2, 0) is 10.5 Å². The average Bonchev–Trinajstić information content (AvgIpc) is 2.31. The maximum absolute atomic E-state index is 10.5. The van der Waals surface area contributed by atoms with E-state index < -0.39 is 5.72 Å². The normalized spacial score (nSPS) is 14.7. The van der Waals surface area contributed by atoms with Gasteiger partial charge in [-0.3, -0.25) is 5.32 Å². The van der Waals surface area contributed by atoms with Gasteiger partial charge in [0.15, 0.2) is 5.72 Å². The number of aliphatic hydroxyl groups is 1. The van der Waals surface area contributed by atoms with Crippen LogP contribution in [0.15, 0.2) is 30.3 Å². The van der Waals surface area contributed by atoms with Gasteiger partial charge in [-0.05, 0) is 13.0 Å². The van der Waals surface area contributed by atoms with Crippen molar-refractivity contribution in [3.05, 3.63) is 35.9 Å². The lowest BCUT2D eigenvalue weighted by Crippen LogP contribution is -2.46. The largest absolute Gasteiger partial charge is 0.377 e. The molecule has 3 heteroatoms. The third kappa shape index (κ3) is 3.59. The lowest BCUT2D eigenvalue weighted by atomic mass is 10.0. The molecular formula is C13H21NO2. The Morgan fingerprint density at radius 3 is 2.50 bits per heavy atom. The van der Waals surface area contributed by atoms with E-state index in [0.29, 0.717) is 13.2 Å². The molecule has 90 valence electrons. The zero-order chi connectivity index (χ0) is 11.9. The van der Waals surface area contributed by atoms with Gasteiger partial charge in [-0.2, -0.15) is 0 Å². The van der Waals surface area contributed by atoms with Gasteiger partial charge in [0.2, 0.25) is 0 Å². The lowest BCUT2D eigenvalue weighted by Gasteiger charge is -2.29. The summed E-state index contributed by atoms with van der Waals surface area (Å²) >= 11 is 0. The Balaban J connectivity index is 2.71. The van der Waals surface area contributed by atoms with Crippen molar-refractivity contribution in [1.82, 2.24) is 5.32 Å². The summed E-state index contributed by atoms with van der Waals surface area (Å²) in [5, 5.41) is 13.5. The first-order chi connectivity index (χ1) is 7.73. The van der Waals surface area contributed by atoms with E-state index >= 15 is 0 Å². The van der Waals surface area contributed by atoms with Crippen LogP contribution in [0.2, 0.25) is 0 Å². The number of rotatable bonds is 7. The Labute approximate surface area is 97.4 Å². The first-order valence-corrected chi connectivity index (χ1v) is 5.83. The fourth-order valence-electron chi connectivity index (χ4n) is 1.61. The third-order valence-corrected chi connectivity index (χ3v) is 2.38. The Morgan fingerprint density at radius 1 is 1.25 bits per heavy atom. The number of benzene rings is 1. The van der Waals surface area contributed by atoms with Gasteiger partial charge in [-0.1, -0.05) is 44.2 Å². The molecule has 1 unspecified atom stereocenters. The summed E-state index contributed by atoms with van der Waals surface area (Å²) in [5.41, 5.74) is -0.237. The predicted molar refractivity (Wildman–Crippen MR) is 65.1 cm³/mol. The molecule has 0 fully saturated rings. The van der Waals surface area contributed by atoms with Crippen LogP contribution in [0.3, 0.4) is 0 Å². The van der Waals surface area contributed by atoms with E-state index in [0.717, 1.165) is 12.0 Å². The monoisotopic (exact) mass is 223 g/mol. The minimum atomic E-state index is -1.08. The number of hydrogen-bond donors (Lipinski definition) is 2. The van der Waals surface area contributed by atoms with Gasteiger partial charge >= 0.3 is 0 Å². The SMILES string of the molecule is CCCOCC(O)(NCC)c1ccccc1. The average molecular weight is 223 g/mol. The minimum absolute atomic E-state index is 0.276. The molecule has 0 aliphatic heterocycles. The van der Waals surface area contributed by atoms with E-state index in [9.17, 15) is 5.11 Å². The first kappa shape index (κ1) is 13.2. The zero-order valence-electron chi connectivity index (χ0n) is 10.1. The van der Waals surface area contributed by atoms with Crippen LogP contribution in [0.25, 0.3) is 0 Å². The molecule has 0 radical (unpaired) electrons.